The predicted molar refractivity (Wildman–Crippen MR) is 91.7 cm³/mol. The number of amides is 1. The smallest absolute Gasteiger partial charge is 0.267 e. The number of aryl methyl sites for hydroxylation is 1. The van der Waals surface area contributed by atoms with E-state index in [1.807, 2.05) is 6.07 Å². The summed E-state index contributed by atoms with van der Waals surface area (Å²) in [5.41, 5.74) is 6.40. The van der Waals surface area contributed by atoms with Crippen molar-refractivity contribution in [3.05, 3.63) is 70.8 Å². The molecule has 23 heavy (non-hydrogen) atoms. The lowest BCUT2D eigenvalue weighted by molar-refractivity contribution is -0.124. The lowest BCUT2D eigenvalue weighted by Gasteiger charge is -2.13. The van der Waals surface area contributed by atoms with E-state index in [0.29, 0.717) is 0 Å². The second-order valence-corrected chi connectivity index (χ2v) is 6.71. The Hall–Kier alpha value is -2.08. The van der Waals surface area contributed by atoms with Gasteiger partial charge in [-0.2, -0.15) is 0 Å². The molecule has 0 spiro atoms. The van der Waals surface area contributed by atoms with Gasteiger partial charge in [-0.3, -0.25) is 10.0 Å². The zero-order valence-corrected chi connectivity index (χ0v) is 13.6. The Morgan fingerprint density at radius 1 is 1.22 bits per heavy atom. The average molecular weight is 326 g/mol. The number of fused-ring (bicyclic) bond motifs is 1. The zero-order valence-electron chi connectivity index (χ0n) is 12.8. The van der Waals surface area contributed by atoms with Gasteiger partial charge in [0.15, 0.2) is 0 Å². The van der Waals surface area contributed by atoms with Crippen LogP contribution in [0.1, 0.15) is 22.3 Å². The van der Waals surface area contributed by atoms with E-state index in [2.05, 4.69) is 47.6 Å². The maximum atomic E-state index is 11.0. The van der Waals surface area contributed by atoms with Gasteiger partial charge in [0, 0.05) is 24.1 Å². The number of benzene rings is 2. The first-order chi connectivity index (χ1) is 11.1. The first-order valence-electron chi connectivity index (χ1n) is 7.37. The topological polar surface area (TPSA) is 52.6 Å². The molecule has 0 saturated carbocycles. The van der Waals surface area contributed by atoms with Gasteiger partial charge < -0.3 is 0 Å². The molecule has 0 bridgehead atoms. The van der Waals surface area contributed by atoms with Crippen LogP contribution in [0.2, 0.25) is 0 Å². The van der Waals surface area contributed by atoms with Gasteiger partial charge in [0.05, 0.1) is 0 Å². The number of hydrogen-bond acceptors (Lipinski definition) is 4. The molecule has 2 N–H and O–H groups in total. The van der Waals surface area contributed by atoms with Crippen LogP contribution in [0.25, 0.3) is 6.08 Å². The number of nitrogens with one attached hydrogen (secondary N) is 1. The summed E-state index contributed by atoms with van der Waals surface area (Å²) in [6.45, 7) is 3.89. The second-order valence-electron chi connectivity index (χ2n) is 5.54. The van der Waals surface area contributed by atoms with E-state index in [1.54, 1.807) is 23.5 Å². The standard InChI is InChI=1S/C18H18N2O2S/c1-13-3-2-4-17(9-13)23-20-11-15-7-5-14(10-16(15)12-20)6-8-18(21)19-22/h2-10,22H,11-12H2,1H3,(H,19,21)/b8-6+. The molecule has 0 radical (unpaired) electrons. The van der Waals surface area contributed by atoms with Crippen LogP contribution >= 0.6 is 11.9 Å². The summed E-state index contributed by atoms with van der Waals surface area (Å²) in [5, 5.41) is 8.50. The Balaban J connectivity index is 1.69. The highest BCUT2D eigenvalue weighted by Crippen LogP contribution is 2.33. The summed E-state index contributed by atoms with van der Waals surface area (Å²) < 4.78 is 2.33. The van der Waals surface area contributed by atoms with E-state index in [0.717, 1.165) is 18.7 Å². The summed E-state index contributed by atoms with van der Waals surface area (Å²) in [7, 11) is 0. The average Bonchev–Trinajstić information content (AvgIpc) is 2.93. The summed E-state index contributed by atoms with van der Waals surface area (Å²) in [5.74, 6) is -0.526. The van der Waals surface area contributed by atoms with Gasteiger partial charge in [-0.15, -0.1) is 0 Å². The van der Waals surface area contributed by atoms with Crippen LogP contribution in [0, 0.1) is 6.92 Å². The molecule has 1 heterocycles. The molecule has 2 aromatic carbocycles. The molecule has 3 rings (SSSR count). The van der Waals surface area contributed by atoms with E-state index in [1.165, 1.54) is 27.7 Å². The van der Waals surface area contributed by atoms with Gasteiger partial charge in [0.2, 0.25) is 0 Å². The highest BCUT2D eigenvalue weighted by atomic mass is 32.2. The Morgan fingerprint density at radius 2 is 2.04 bits per heavy atom. The van der Waals surface area contributed by atoms with E-state index >= 15 is 0 Å². The minimum Gasteiger partial charge on any atom is -0.288 e. The summed E-state index contributed by atoms with van der Waals surface area (Å²) >= 11 is 1.77. The highest BCUT2D eigenvalue weighted by molar-refractivity contribution is 7.97. The second kappa shape index (κ2) is 7.00. The Morgan fingerprint density at radius 3 is 2.83 bits per heavy atom. The van der Waals surface area contributed by atoms with Crippen LogP contribution in [0.15, 0.2) is 53.4 Å². The normalized spacial score (nSPS) is 14.2. The monoisotopic (exact) mass is 326 g/mol. The Kier molecular flexibility index (Phi) is 4.81. The summed E-state index contributed by atoms with van der Waals surface area (Å²) in [6.07, 6.45) is 3.01. The van der Waals surface area contributed by atoms with Crippen molar-refractivity contribution in [1.82, 2.24) is 9.79 Å². The van der Waals surface area contributed by atoms with Crippen LogP contribution in [0.5, 0.6) is 0 Å². The molecule has 0 aromatic heterocycles. The fourth-order valence-electron chi connectivity index (χ4n) is 2.58. The Bertz CT molecular complexity index is 758. The highest BCUT2D eigenvalue weighted by Gasteiger charge is 2.19. The lowest BCUT2D eigenvalue weighted by Crippen LogP contribution is -2.14. The van der Waals surface area contributed by atoms with Crippen LogP contribution in [0.3, 0.4) is 0 Å². The molecule has 0 unspecified atom stereocenters. The number of nitrogens with zero attached hydrogens (tertiary/aromatic N) is 1. The number of carbonyl (C=O) groups excluding carboxylic acids is 1. The van der Waals surface area contributed by atoms with Crippen LogP contribution in [-0.4, -0.2) is 15.4 Å². The van der Waals surface area contributed by atoms with E-state index in [4.69, 9.17) is 5.21 Å². The van der Waals surface area contributed by atoms with Crippen molar-refractivity contribution in [1.29, 1.82) is 0 Å². The van der Waals surface area contributed by atoms with Gasteiger partial charge in [0.25, 0.3) is 5.91 Å². The molecule has 1 aliphatic heterocycles. The molecule has 118 valence electrons. The minimum absolute atomic E-state index is 0.526. The van der Waals surface area contributed by atoms with Gasteiger partial charge >= 0.3 is 0 Å². The van der Waals surface area contributed by atoms with Gasteiger partial charge in [-0.25, -0.2) is 9.79 Å². The molecule has 2 aromatic rings. The summed E-state index contributed by atoms with van der Waals surface area (Å²) in [4.78, 5) is 12.3. The van der Waals surface area contributed by atoms with Crippen molar-refractivity contribution in [3.63, 3.8) is 0 Å². The van der Waals surface area contributed by atoms with Crippen molar-refractivity contribution >= 4 is 23.9 Å². The maximum Gasteiger partial charge on any atom is 0.267 e. The number of hydrogen-bond donors (Lipinski definition) is 2. The molecule has 5 heteroatoms. The van der Waals surface area contributed by atoms with E-state index < -0.39 is 5.91 Å². The third-order valence-corrected chi connectivity index (χ3v) is 4.67. The first kappa shape index (κ1) is 15.8. The first-order valence-corrected chi connectivity index (χ1v) is 8.15. The van der Waals surface area contributed by atoms with Crippen molar-refractivity contribution in [2.45, 2.75) is 24.9 Å². The van der Waals surface area contributed by atoms with E-state index in [-0.39, 0.29) is 0 Å². The molecular weight excluding hydrogens is 308 g/mol. The molecule has 0 saturated heterocycles. The Labute approximate surface area is 139 Å². The van der Waals surface area contributed by atoms with Crippen molar-refractivity contribution in [2.24, 2.45) is 0 Å². The van der Waals surface area contributed by atoms with Crippen molar-refractivity contribution in [3.8, 4) is 0 Å². The maximum absolute atomic E-state index is 11.0. The van der Waals surface area contributed by atoms with Crippen LogP contribution in [0.4, 0.5) is 0 Å². The molecule has 0 aliphatic carbocycles. The van der Waals surface area contributed by atoms with Crippen LogP contribution < -0.4 is 5.48 Å². The number of carbonyl (C=O) groups is 1. The molecule has 4 nitrogen and oxygen atoms in total. The SMILES string of the molecule is Cc1cccc(SN2Cc3ccc(/C=C/C(=O)NO)cc3C2)c1. The van der Waals surface area contributed by atoms with Crippen molar-refractivity contribution in [2.75, 3.05) is 0 Å². The van der Waals surface area contributed by atoms with Gasteiger partial charge in [-0.1, -0.05) is 30.3 Å². The third kappa shape index (κ3) is 4.01. The fourth-order valence-corrected chi connectivity index (χ4v) is 3.67. The fraction of sp³-hybridized carbons (Fsp3) is 0.167. The minimum atomic E-state index is -0.526. The summed E-state index contributed by atoms with van der Waals surface area (Å²) in [6, 6.07) is 14.7. The molecular formula is C18H18N2O2S. The van der Waals surface area contributed by atoms with Gasteiger partial charge in [0.1, 0.15) is 0 Å². The zero-order chi connectivity index (χ0) is 16.2. The number of rotatable bonds is 4. The lowest BCUT2D eigenvalue weighted by atomic mass is 10.1. The quantitative estimate of drug-likeness (QED) is 0.390. The largest absolute Gasteiger partial charge is 0.288 e. The molecule has 1 aliphatic rings. The molecule has 1 amide bonds. The van der Waals surface area contributed by atoms with Gasteiger partial charge in [-0.05, 0) is 59.3 Å². The van der Waals surface area contributed by atoms with Crippen molar-refractivity contribution < 1.29 is 10.0 Å². The molecule has 0 atom stereocenters. The predicted octanol–water partition coefficient (Wildman–Crippen LogP) is 3.54. The third-order valence-electron chi connectivity index (χ3n) is 3.69. The van der Waals surface area contributed by atoms with E-state index in [9.17, 15) is 4.79 Å². The van der Waals surface area contributed by atoms with Crippen LogP contribution in [-0.2, 0) is 17.9 Å². The molecule has 0 fully saturated rings. The number of hydroxylamine groups is 1.